The van der Waals surface area contributed by atoms with Crippen molar-refractivity contribution in [2.75, 3.05) is 12.4 Å². The fourth-order valence-corrected chi connectivity index (χ4v) is 2.74. The van der Waals surface area contributed by atoms with E-state index in [0.717, 1.165) is 0 Å². The highest BCUT2D eigenvalue weighted by molar-refractivity contribution is 6.34. The summed E-state index contributed by atoms with van der Waals surface area (Å²) in [4.78, 5) is 36.9. The SMILES string of the molecule is COC(=O)c1ccc(NC(=O)/C(=C\c2ccco2)NC(=O)c2ccccc2Cl)cc1. The number of furan rings is 1. The lowest BCUT2D eigenvalue weighted by Gasteiger charge is -2.12. The van der Waals surface area contributed by atoms with E-state index in [1.165, 1.54) is 31.6 Å². The number of halogens is 1. The molecule has 0 aliphatic heterocycles. The van der Waals surface area contributed by atoms with Crippen LogP contribution in [0.5, 0.6) is 0 Å². The highest BCUT2D eigenvalue weighted by Gasteiger charge is 2.17. The van der Waals surface area contributed by atoms with Crippen LogP contribution in [0.1, 0.15) is 26.5 Å². The Labute approximate surface area is 177 Å². The Hall–Kier alpha value is -3.84. The van der Waals surface area contributed by atoms with E-state index in [0.29, 0.717) is 17.0 Å². The highest BCUT2D eigenvalue weighted by atomic mass is 35.5. The lowest BCUT2D eigenvalue weighted by atomic mass is 10.2. The number of nitrogens with one attached hydrogen (secondary N) is 2. The first-order valence-corrected chi connectivity index (χ1v) is 9.16. The first-order valence-electron chi connectivity index (χ1n) is 8.78. The summed E-state index contributed by atoms with van der Waals surface area (Å²) in [7, 11) is 1.28. The van der Waals surface area contributed by atoms with Crippen molar-refractivity contribution in [3.63, 3.8) is 0 Å². The van der Waals surface area contributed by atoms with E-state index >= 15 is 0 Å². The monoisotopic (exact) mass is 424 g/mol. The fraction of sp³-hybridized carbons (Fsp3) is 0.0455. The fourth-order valence-electron chi connectivity index (χ4n) is 2.51. The molecule has 2 aromatic carbocycles. The van der Waals surface area contributed by atoms with E-state index in [-0.39, 0.29) is 16.3 Å². The zero-order valence-electron chi connectivity index (χ0n) is 15.8. The average molecular weight is 425 g/mol. The molecule has 1 heterocycles. The third kappa shape index (κ3) is 5.15. The van der Waals surface area contributed by atoms with Crippen LogP contribution in [0.2, 0.25) is 5.02 Å². The summed E-state index contributed by atoms with van der Waals surface area (Å²) in [6, 6.07) is 15.9. The van der Waals surface area contributed by atoms with Crippen LogP contribution < -0.4 is 10.6 Å². The Morgan fingerprint density at radius 2 is 1.73 bits per heavy atom. The molecule has 3 aromatic rings. The van der Waals surface area contributed by atoms with Gasteiger partial charge in [-0.05, 0) is 48.5 Å². The van der Waals surface area contributed by atoms with Crippen LogP contribution in [0.4, 0.5) is 5.69 Å². The maximum Gasteiger partial charge on any atom is 0.337 e. The zero-order valence-corrected chi connectivity index (χ0v) is 16.6. The van der Waals surface area contributed by atoms with E-state index in [1.54, 1.807) is 48.5 Å². The third-order valence-corrected chi connectivity index (χ3v) is 4.33. The smallest absolute Gasteiger partial charge is 0.337 e. The van der Waals surface area contributed by atoms with Crippen LogP contribution in [-0.4, -0.2) is 24.9 Å². The first-order chi connectivity index (χ1) is 14.5. The van der Waals surface area contributed by atoms with Crippen LogP contribution in [0.25, 0.3) is 6.08 Å². The van der Waals surface area contributed by atoms with Gasteiger partial charge in [-0.25, -0.2) is 4.79 Å². The highest BCUT2D eigenvalue weighted by Crippen LogP contribution is 2.17. The number of esters is 1. The van der Waals surface area contributed by atoms with Crippen molar-refractivity contribution in [3.8, 4) is 0 Å². The summed E-state index contributed by atoms with van der Waals surface area (Å²) in [5.41, 5.74) is 0.936. The third-order valence-electron chi connectivity index (χ3n) is 4.00. The quantitative estimate of drug-likeness (QED) is 0.458. The molecule has 0 bridgehead atoms. The number of carbonyl (C=O) groups is 3. The lowest BCUT2D eigenvalue weighted by molar-refractivity contribution is -0.113. The molecule has 7 nitrogen and oxygen atoms in total. The number of amides is 2. The van der Waals surface area contributed by atoms with Gasteiger partial charge in [0.25, 0.3) is 11.8 Å². The van der Waals surface area contributed by atoms with Gasteiger partial charge < -0.3 is 19.8 Å². The van der Waals surface area contributed by atoms with Crippen molar-refractivity contribution in [3.05, 3.63) is 94.5 Å². The minimum absolute atomic E-state index is 0.0492. The second kappa shape index (κ2) is 9.58. The number of methoxy groups -OCH3 is 1. The van der Waals surface area contributed by atoms with Crippen molar-refractivity contribution < 1.29 is 23.5 Å². The van der Waals surface area contributed by atoms with Gasteiger partial charge in [0.1, 0.15) is 11.5 Å². The number of hydrogen-bond acceptors (Lipinski definition) is 5. The maximum absolute atomic E-state index is 12.8. The molecule has 0 saturated carbocycles. The summed E-state index contributed by atoms with van der Waals surface area (Å²) < 4.78 is 9.89. The van der Waals surface area contributed by atoms with Crippen LogP contribution >= 0.6 is 11.6 Å². The Kier molecular flexibility index (Phi) is 6.67. The normalized spacial score (nSPS) is 10.9. The summed E-state index contributed by atoms with van der Waals surface area (Å²) in [5.74, 6) is -1.24. The summed E-state index contributed by atoms with van der Waals surface area (Å²) in [5, 5.41) is 5.48. The molecule has 2 N–H and O–H groups in total. The topological polar surface area (TPSA) is 97.6 Å². The molecule has 30 heavy (non-hydrogen) atoms. The van der Waals surface area contributed by atoms with Gasteiger partial charge in [-0.3, -0.25) is 9.59 Å². The molecular formula is C22H17ClN2O5. The Morgan fingerprint density at radius 3 is 2.37 bits per heavy atom. The summed E-state index contributed by atoms with van der Waals surface area (Å²) in [6.07, 6.45) is 2.84. The van der Waals surface area contributed by atoms with E-state index in [2.05, 4.69) is 15.4 Å². The molecule has 3 rings (SSSR count). The minimum Gasteiger partial charge on any atom is -0.465 e. The van der Waals surface area contributed by atoms with Crippen molar-refractivity contribution in [1.82, 2.24) is 5.32 Å². The van der Waals surface area contributed by atoms with Crippen LogP contribution in [-0.2, 0) is 9.53 Å². The average Bonchev–Trinajstić information content (AvgIpc) is 3.26. The van der Waals surface area contributed by atoms with Crippen molar-refractivity contribution >= 4 is 41.1 Å². The summed E-state index contributed by atoms with van der Waals surface area (Å²) >= 11 is 6.07. The molecule has 152 valence electrons. The molecule has 0 radical (unpaired) electrons. The van der Waals surface area contributed by atoms with Crippen LogP contribution in [0.15, 0.2) is 77.0 Å². The van der Waals surface area contributed by atoms with E-state index in [4.69, 9.17) is 16.0 Å². The minimum atomic E-state index is -0.586. The Balaban J connectivity index is 1.82. The Morgan fingerprint density at radius 1 is 1.00 bits per heavy atom. The molecule has 0 spiro atoms. The first kappa shape index (κ1) is 20.9. The standard InChI is InChI=1S/C22H17ClN2O5/c1-29-22(28)14-8-10-15(11-9-14)24-21(27)19(13-16-5-4-12-30-16)25-20(26)17-6-2-3-7-18(17)23/h2-13H,1H3,(H,24,27)(H,25,26)/b19-13+. The molecule has 1 aromatic heterocycles. The number of ether oxygens (including phenoxy) is 1. The lowest BCUT2D eigenvalue weighted by Crippen LogP contribution is -2.30. The van der Waals surface area contributed by atoms with Crippen LogP contribution in [0.3, 0.4) is 0 Å². The van der Waals surface area contributed by atoms with E-state index in [9.17, 15) is 14.4 Å². The predicted octanol–water partition coefficient (Wildman–Crippen LogP) is 4.13. The molecule has 0 atom stereocenters. The second-order valence-corrected chi connectivity index (χ2v) is 6.44. The number of rotatable bonds is 6. The van der Waals surface area contributed by atoms with E-state index in [1.807, 2.05) is 0 Å². The van der Waals surface area contributed by atoms with Crippen LogP contribution in [0, 0.1) is 0 Å². The van der Waals surface area contributed by atoms with E-state index < -0.39 is 17.8 Å². The van der Waals surface area contributed by atoms with Gasteiger partial charge in [0.2, 0.25) is 0 Å². The zero-order chi connectivity index (χ0) is 21.5. The van der Waals surface area contributed by atoms with Gasteiger partial charge in [-0.1, -0.05) is 23.7 Å². The molecule has 0 aliphatic carbocycles. The molecule has 2 amide bonds. The van der Waals surface area contributed by atoms with Crippen molar-refractivity contribution in [1.29, 1.82) is 0 Å². The van der Waals surface area contributed by atoms with Gasteiger partial charge in [0.15, 0.2) is 0 Å². The molecule has 0 saturated heterocycles. The van der Waals surface area contributed by atoms with Crippen molar-refractivity contribution in [2.45, 2.75) is 0 Å². The van der Waals surface area contributed by atoms with Gasteiger partial charge in [0, 0.05) is 11.8 Å². The predicted molar refractivity (Wildman–Crippen MR) is 112 cm³/mol. The molecule has 0 aliphatic rings. The largest absolute Gasteiger partial charge is 0.465 e. The Bertz CT molecular complexity index is 1090. The molecule has 0 fully saturated rings. The number of anilines is 1. The maximum atomic E-state index is 12.8. The van der Waals surface area contributed by atoms with Gasteiger partial charge >= 0.3 is 5.97 Å². The second-order valence-electron chi connectivity index (χ2n) is 6.03. The number of benzene rings is 2. The van der Waals surface area contributed by atoms with Gasteiger partial charge in [-0.15, -0.1) is 0 Å². The number of hydrogen-bond donors (Lipinski definition) is 2. The van der Waals surface area contributed by atoms with Crippen molar-refractivity contribution in [2.24, 2.45) is 0 Å². The molecular weight excluding hydrogens is 408 g/mol. The number of carbonyl (C=O) groups excluding carboxylic acids is 3. The van der Waals surface area contributed by atoms with Gasteiger partial charge in [0.05, 0.1) is 29.5 Å². The molecule has 8 heteroatoms. The summed E-state index contributed by atoms with van der Waals surface area (Å²) in [6.45, 7) is 0. The van der Waals surface area contributed by atoms with Gasteiger partial charge in [-0.2, -0.15) is 0 Å². The molecule has 0 unspecified atom stereocenters.